The monoisotopic (exact) mass is 556 g/mol. The van der Waals surface area contributed by atoms with Gasteiger partial charge in [-0.25, -0.2) is 0 Å². The first-order valence-electron chi connectivity index (χ1n) is 15.8. The lowest BCUT2D eigenvalue weighted by Gasteiger charge is -2.35. The number of hydrogen-bond donors (Lipinski definition) is 1. The van der Waals surface area contributed by atoms with Gasteiger partial charge in [-0.1, -0.05) is 81.4 Å². The van der Waals surface area contributed by atoms with Crippen LogP contribution in [-0.2, 0) is 24.2 Å². The van der Waals surface area contributed by atoms with Crippen LogP contribution in [0.25, 0.3) is 0 Å². The molecule has 1 N–H and O–H groups in total. The van der Waals surface area contributed by atoms with Crippen LogP contribution in [0.4, 0.5) is 0 Å². The van der Waals surface area contributed by atoms with Gasteiger partial charge in [-0.3, -0.25) is 14.4 Å². The molecule has 6 nitrogen and oxygen atoms in total. The molecule has 6 heteroatoms. The van der Waals surface area contributed by atoms with Crippen LogP contribution >= 0.6 is 0 Å². The highest BCUT2D eigenvalue weighted by Crippen LogP contribution is 2.37. The highest BCUT2D eigenvalue weighted by molar-refractivity contribution is 5.73. The topological polar surface area (TPSA) is 61.6 Å². The highest BCUT2D eigenvalue weighted by Gasteiger charge is 2.41. The summed E-state index contributed by atoms with van der Waals surface area (Å²) in [6.45, 7) is 12.2. The van der Waals surface area contributed by atoms with Crippen LogP contribution in [0.3, 0.4) is 0 Å². The van der Waals surface area contributed by atoms with Gasteiger partial charge in [0.25, 0.3) is 0 Å². The van der Waals surface area contributed by atoms with Crippen LogP contribution in [0.5, 0.6) is 0 Å². The van der Waals surface area contributed by atoms with Gasteiger partial charge in [-0.15, -0.1) is 0 Å². The van der Waals surface area contributed by atoms with E-state index >= 15 is 0 Å². The molecule has 0 amide bonds. The van der Waals surface area contributed by atoms with Gasteiger partial charge in [0.2, 0.25) is 0 Å². The summed E-state index contributed by atoms with van der Waals surface area (Å²) in [6, 6.07) is 21.1. The molecule has 2 aromatic carbocycles. The third-order valence-corrected chi connectivity index (χ3v) is 9.36. The van der Waals surface area contributed by atoms with E-state index < -0.39 is 12.0 Å². The van der Waals surface area contributed by atoms with Crippen LogP contribution in [0.1, 0.15) is 74.3 Å². The Morgan fingerprint density at radius 2 is 1.66 bits per heavy atom. The predicted molar refractivity (Wildman–Crippen MR) is 165 cm³/mol. The number of rotatable bonds is 12. The second-order valence-electron chi connectivity index (χ2n) is 12.6. The summed E-state index contributed by atoms with van der Waals surface area (Å²) in [5, 5.41) is 14.9. The molecule has 220 valence electrons. The van der Waals surface area contributed by atoms with E-state index in [0.29, 0.717) is 17.8 Å². The molecule has 1 aromatic heterocycles. The molecule has 2 saturated heterocycles. The summed E-state index contributed by atoms with van der Waals surface area (Å²) in [5.41, 5.74) is 5.62. The largest absolute Gasteiger partial charge is 0.480 e. The van der Waals surface area contributed by atoms with E-state index in [1.165, 1.54) is 22.4 Å². The molecule has 3 aromatic rings. The average molecular weight is 557 g/mol. The first-order chi connectivity index (χ1) is 19.9. The highest BCUT2D eigenvalue weighted by atomic mass is 16.4. The molecule has 0 unspecified atom stereocenters. The van der Waals surface area contributed by atoms with Crippen molar-refractivity contribution in [3.8, 4) is 0 Å². The number of likely N-dealkylation sites (tertiary alicyclic amines) is 2. The van der Waals surface area contributed by atoms with E-state index in [1.807, 2.05) is 13.8 Å². The zero-order chi connectivity index (χ0) is 28.8. The number of benzene rings is 2. The molecule has 41 heavy (non-hydrogen) atoms. The second kappa shape index (κ2) is 13.8. The zero-order valence-corrected chi connectivity index (χ0v) is 25.2. The lowest BCUT2D eigenvalue weighted by Crippen LogP contribution is -2.44. The molecule has 0 radical (unpaired) electrons. The second-order valence-corrected chi connectivity index (χ2v) is 12.6. The molecule has 2 aliphatic rings. The van der Waals surface area contributed by atoms with Gasteiger partial charge >= 0.3 is 5.97 Å². The molecule has 0 aliphatic carbocycles. The van der Waals surface area contributed by atoms with Gasteiger partial charge in [0.1, 0.15) is 6.04 Å². The molecular formula is C35H48N4O2. The van der Waals surface area contributed by atoms with Crippen LogP contribution in [-0.4, -0.2) is 69.4 Å². The van der Waals surface area contributed by atoms with E-state index in [4.69, 9.17) is 5.10 Å². The molecular weight excluding hydrogens is 508 g/mol. The van der Waals surface area contributed by atoms with E-state index in [0.717, 1.165) is 71.4 Å². The zero-order valence-electron chi connectivity index (χ0n) is 25.2. The minimum absolute atomic E-state index is 0.0856. The Hall–Kier alpha value is -2.96. The van der Waals surface area contributed by atoms with Gasteiger partial charge in [0.15, 0.2) is 0 Å². The summed E-state index contributed by atoms with van der Waals surface area (Å²) in [6.07, 6.45) is 7.63. The quantitative estimate of drug-likeness (QED) is 0.293. The average Bonchev–Trinajstić information content (AvgIpc) is 3.57. The van der Waals surface area contributed by atoms with Crippen LogP contribution < -0.4 is 0 Å². The van der Waals surface area contributed by atoms with Gasteiger partial charge in [0, 0.05) is 43.7 Å². The van der Waals surface area contributed by atoms with Crippen molar-refractivity contribution in [3.63, 3.8) is 0 Å². The maximum atomic E-state index is 12.2. The van der Waals surface area contributed by atoms with Gasteiger partial charge in [-0.05, 0) is 73.7 Å². The van der Waals surface area contributed by atoms with E-state index in [2.05, 4.69) is 88.3 Å². The van der Waals surface area contributed by atoms with Crippen molar-refractivity contribution in [2.24, 2.45) is 11.8 Å². The maximum absolute atomic E-state index is 12.2. The maximum Gasteiger partial charge on any atom is 0.321 e. The first kappa shape index (κ1) is 29.5. The summed E-state index contributed by atoms with van der Waals surface area (Å²) >= 11 is 0. The number of aliphatic carboxylic acids is 1. The van der Waals surface area contributed by atoms with E-state index in [1.54, 1.807) is 0 Å². The number of piperidine rings is 1. The molecule has 2 aliphatic heterocycles. The standard InChI is InChI=1S/C35H48N4O2/c1-4-19-39-34(30(22-36-39)16-15-27-11-7-5-8-12-27)29-17-20-37(21-18-29)23-31-24-38(33(26(2)3)35(40)41)25-32(31)28-13-9-6-10-14-28/h5-14,22,26,29,31-33H,4,15-21,23-25H2,1-3H3,(H,40,41)/t31-,32+,33+/m0/s1. The van der Waals surface area contributed by atoms with Crippen molar-refractivity contribution in [2.45, 2.75) is 77.3 Å². The van der Waals surface area contributed by atoms with Crippen molar-refractivity contribution in [2.75, 3.05) is 32.7 Å². The third kappa shape index (κ3) is 7.10. The summed E-state index contributed by atoms with van der Waals surface area (Å²) in [4.78, 5) is 17.1. The fourth-order valence-electron chi connectivity index (χ4n) is 7.39. The lowest BCUT2D eigenvalue weighted by atomic mass is 9.86. The number of carboxylic acids is 1. The van der Waals surface area contributed by atoms with Gasteiger partial charge < -0.3 is 10.0 Å². The minimum Gasteiger partial charge on any atom is -0.480 e. The number of nitrogens with zero attached hydrogens (tertiary/aromatic N) is 4. The smallest absolute Gasteiger partial charge is 0.321 e. The van der Waals surface area contributed by atoms with Crippen molar-refractivity contribution < 1.29 is 9.90 Å². The molecule has 3 heterocycles. The van der Waals surface area contributed by atoms with Gasteiger partial charge in [0.05, 0.1) is 6.20 Å². The molecule has 2 fully saturated rings. The molecule has 0 saturated carbocycles. The summed E-state index contributed by atoms with van der Waals surface area (Å²) in [7, 11) is 0. The Kier molecular flexibility index (Phi) is 9.94. The predicted octanol–water partition coefficient (Wildman–Crippen LogP) is 6.08. The fourth-order valence-corrected chi connectivity index (χ4v) is 7.39. The Labute approximate surface area is 246 Å². The summed E-state index contributed by atoms with van der Waals surface area (Å²) < 4.78 is 2.29. The number of carboxylic acid groups (broad SMARTS) is 1. The lowest BCUT2D eigenvalue weighted by molar-refractivity contribution is -0.144. The molecule has 0 spiro atoms. The van der Waals surface area contributed by atoms with Crippen molar-refractivity contribution in [1.82, 2.24) is 19.6 Å². The number of aromatic nitrogens is 2. The van der Waals surface area contributed by atoms with Crippen LogP contribution in [0.2, 0.25) is 0 Å². The van der Waals surface area contributed by atoms with E-state index in [-0.39, 0.29) is 5.92 Å². The Morgan fingerprint density at radius 3 is 2.29 bits per heavy atom. The van der Waals surface area contributed by atoms with Crippen LogP contribution in [0, 0.1) is 11.8 Å². The number of hydrogen-bond acceptors (Lipinski definition) is 4. The van der Waals surface area contributed by atoms with Crippen molar-refractivity contribution in [3.05, 3.63) is 89.2 Å². The minimum atomic E-state index is -0.694. The summed E-state index contributed by atoms with van der Waals surface area (Å²) in [5.74, 6) is 0.739. The van der Waals surface area contributed by atoms with Crippen LogP contribution in [0.15, 0.2) is 66.9 Å². The SMILES string of the molecule is CCCn1ncc(CCc2ccccc2)c1C1CCN(C[C@H]2CN([C@@H](C(=O)O)C(C)C)C[C@@H]2c2ccccc2)CC1. The normalized spacial score (nSPS) is 21.5. The molecule has 3 atom stereocenters. The Morgan fingerprint density at radius 1 is 0.976 bits per heavy atom. The Bertz CT molecular complexity index is 1230. The van der Waals surface area contributed by atoms with Crippen molar-refractivity contribution >= 4 is 5.97 Å². The van der Waals surface area contributed by atoms with Gasteiger partial charge in [-0.2, -0.15) is 5.10 Å². The number of aryl methyl sites for hydroxylation is 3. The van der Waals surface area contributed by atoms with E-state index in [9.17, 15) is 9.90 Å². The number of carbonyl (C=O) groups is 1. The Balaban J connectivity index is 1.26. The first-order valence-corrected chi connectivity index (χ1v) is 15.8. The molecule has 5 rings (SSSR count). The molecule has 0 bridgehead atoms. The van der Waals surface area contributed by atoms with Crippen molar-refractivity contribution in [1.29, 1.82) is 0 Å². The third-order valence-electron chi connectivity index (χ3n) is 9.36. The fraction of sp³-hybridized carbons (Fsp3) is 0.543.